The van der Waals surface area contributed by atoms with Gasteiger partial charge in [0.25, 0.3) is 0 Å². The molecule has 1 rings (SSSR count). The summed E-state index contributed by atoms with van der Waals surface area (Å²) in [7, 11) is 0. The average Bonchev–Trinajstić information content (AvgIpc) is 2.15. The molecule has 0 aromatic carbocycles. The lowest BCUT2D eigenvalue weighted by atomic mass is 9.84. The van der Waals surface area contributed by atoms with Gasteiger partial charge in [-0.2, -0.15) is 0 Å². The lowest BCUT2D eigenvalue weighted by molar-refractivity contribution is -0.0218. The monoisotopic (exact) mass is 200 g/mol. The molecule has 0 bridgehead atoms. The first-order valence-corrected chi connectivity index (χ1v) is 5.91. The third-order valence-electron chi connectivity index (χ3n) is 3.28. The zero-order valence-corrected chi connectivity index (χ0v) is 9.70. The van der Waals surface area contributed by atoms with E-state index < -0.39 is 0 Å². The van der Waals surface area contributed by atoms with E-state index in [-0.39, 0.29) is 6.10 Å². The average molecular weight is 200 g/mol. The van der Waals surface area contributed by atoms with Crippen LogP contribution in [0.1, 0.15) is 46.5 Å². The molecule has 14 heavy (non-hydrogen) atoms. The zero-order chi connectivity index (χ0) is 10.6. The number of hydrogen-bond acceptors (Lipinski definition) is 2. The van der Waals surface area contributed by atoms with E-state index in [1.807, 2.05) is 6.92 Å². The van der Waals surface area contributed by atoms with Gasteiger partial charge in [-0.3, -0.25) is 0 Å². The summed E-state index contributed by atoms with van der Waals surface area (Å²) >= 11 is 0. The SMILES string of the molecule is CC(C)C(CC1CCCCO1)C(C)O. The number of ether oxygens (including phenoxy) is 1. The first-order valence-electron chi connectivity index (χ1n) is 5.91. The molecule has 1 aliphatic heterocycles. The molecule has 0 aromatic heterocycles. The molecule has 0 amide bonds. The summed E-state index contributed by atoms with van der Waals surface area (Å²) in [5, 5.41) is 9.66. The maximum Gasteiger partial charge on any atom is 0.0578 e. The molecule has 84 valence electrons. The van der Waals surface area contributed by atoms with Gasteiger partial charge in [-0.15, -0.1) is 0 Å². The van der Waals surface area contributed by atoms with Crippen LogP contribution in [0.5, 0.6) is 0 Å². The summed E-state index contributed by atoms with van der Waals surface area (Å²) in [5.74, 6) is 0.929. The van der Waals surface area contributed by atoms with Crippen molar-refractivity contribution in [3.8, 4) is 0 Å². The highest BCUT2D eigenvalue weighted by molar-refractivity contribution is 4.75. The van der Waals surface area contributed by atoms with E-state index in [2.05, 4.69) is 13.8 Å². The smallest absolute Gasteiger partial charge is 0.0578 e. The quantitative estimate of drug-likeness (QED) is 0.756. The van der Waals surface area contributed by atoms with Crippen molar-refractivity contribution in [3.05, 3.63) is 0 Å². The molecule has 0 spiro atoms. The topological polar surface area (TPSA) is 29.5 Å². The number of hydrogen-bond donors (Lipinski definition) is 1. The van der Waals surface area contributed by atoms with Gasteiger partial charge in [0.15, 0.2) is 0 Å². The molecule has 0 aliphatic carbocycles. The van der Waals surface area contributed by atoms with Gasteiger partial charge in [-0.25, -0.2) is 0 Å². The lowest BCUT2D eigenvalue weighted by Crippen LogP contribution is -2.30. The van der Waals surface area contributed by atoms with Crippen molar-refractivity contribution in [2.24, 2.45) is 11.8 Å². The molecule has 3 atom stereocenters. The van der Waals surface area contributed by atoms with Crippen LogP contribution in [0.2, 0.25) is 0 Å². The first-order chi connectivity index (χ1) is 6.61. The van der Waals surface area contributed by atoms with E-state index >= 15 is 0 Å². The summed E-state index contributed by atoms with van der Waals surface area (Å²) in [6.45, 7) is 7.17. The van der Waals surface area contributed by atoms with Crippen LogP contribution in [-0.4, -0.2) is 23.9 Å². The van der Waals surface area contributed by atoms with Gasteiger partial charge in [-0.1, -0.05) is 13.8 Å². The van der Waals surface area contributed by atoms with Crippen molar-refractivity contribution in [1.29, 1.82) is 0 Å². The molecule has 1 N–H and O–H groups in total. The van der Waals surface area contributed by atoms with Gasteiger partial charge in [0.2, 0.25) is 0 Å². The van der Waals surface area contributed by atoms with Crippen LogP contribution in [0.4, 0.5) is 0 Å². The van der Waals surface area contributed by atoms with Gasteiger partial charge in [0.1, 0.15) is 0 Å². The van der Waals surface area contributed by atoms with Crippen LogP contribution < -0.4 is 0 Å². The molecule has 3 unspecified atom stereocenters. The van der Waals surface area contributed by atoms with Crippen LogP contribution in [0.25, 0.3) is 0 Å². The number of aliphatic hydroxyl groups is 1. The van der Waals surface area contributed by atoms with Crippen molar-refractivity contribution >= 4 is 0 Å². The number of rotatable bonds is 4. The van der Waals surface area contributed by atoms with Crippen molar-refractivity contribution in [1.82, 2.24) is 0 Å². The molecular weight excluding hydrogens is 176 g/mol. The Kier molecular flexibility index (Phi) is 4.90. The summed E-state index contributed by atoms with van der Waals surface area (Å²) < 4.78 is 5.70. The molecule has 1 fully saturated rings. The summed E-state index contributed by atoms with van der Waals surface area (Å²) in [6.07, 6.45) is 4.88. The molecule has 1 aliphatic rings. The standard InChI is InChI=1S/C12H24O2/c1-9(2)12(10(3)13)8-11-6-4-5-7-14-11/h9-13H,4-8H2,1-3H3. The lowest BCUT2D eigenvalue weighted by Gasteiger charge is -2.30. The highest BCUT2D eigenvalue weighted by Gasteiger charge is 2.24. The minimum absolute atomic E-state index is 0.208. The maximum atomic E-state index is 9.66. The fourth-order valence-electron chi connectivity index (χ4n) is 2.32. The molecule has 0 aromatic rings. The Labute approximate surface area is 87.7 Å². The van der Waals surface area contributed by atoms with E-state index in [1.54, 1.807) is 0 Å². The Morgan fingerprint density at radius 1 is 1.29 bits per heavy atom. The van der Waals surface area contributed by atoms with Crippen molar-refractivity contribution in [2.75, 3.05) is 6.61 Å². The predicted octanol–water partition coefficient (Wildman–Crippen LogP) is 2.60. The zero-order valence-electron chi connectivity index (χ0n) is 9.70. The van der Waals surface area contributed by atoms with Crippen LogP contribution in [-0.2, 0) is 4.74 Å². The second kappa shape index (κ2) is 5.72. The van der Waals surface area contributed by atoms with Gasteiger partial charge >= 0.3 is 0 Å². The minimum atomic E-state index is -0.208. The van der Waals surface area contributed by atoms with E-state index in [0.29, 0.717) is 17.9 Å². The van der Waals surface area contributed by atoms with Crippen LogP contribution in [0, 0.1) is 11.8 Å². The van der Waals surface area contributed by atoms with Gasteiger partial charge in [0.05, 0.1) is 12.2 Å². The molecule has 1 saturated heterocycles. The predicted molar refractivity (Wildman–Crippen MR) is 58.2 cm³/mol. The Balaban J connectivity index is 2.37. The third kappa shape index (κ3) is 3.58. The highest BCUT2D eigenvalue weighted by atomic mass is 16.5. The van der Waals surface area contributed by atoms with Crippen LogP contribution in [0.15, 0.2) is 0 Å². The number of aliphatic hydroxyl groups excluding tert-OH is 1. The van der Waals surface area contributed by atoms with E-state index in [4.69, 9.17) is 4.74 Å². The van der Waals surface area contributed by atoms with Gasteiger partial charge in [0, 0.05) is 6.61 Å². The van der Waals surface area contributed by atoms with Crippen LogP contribution in [0.3, 0.4) is 0 Å². The molecule has 1 heterocycles. The summed E-state index contributed by atoms with van der Waals surface area (Å²) in [4.78, 5) is 0. The first kappa shape index (κ1) is 12.0. The molecule has 0 radical (unpaired) electrons. The molecule has 2 heteroatoms. The fraction of sp³-hybridized carbons (Fsp3) is 1.00. The third-order valence-corrected chi connectivity index (χ3v) is 3.28. The Bertz CT molecular complexity index is 140. The minimum Gasteiger partial charge on any atom is -0.393 e. The maximum absolute atomic E-state index is 9.66. The van der Waals surface area contributed by atoms with E-state index in [0.717, 1.165) is 13.0 Å². The van der Waals surface area contributed by atoms with E-state index in [1.165, 1.54) is 19.3 Å². The normalized spacial score (nSPS) is 27.6. The summed E-state index contributed by atoms with van der Waals surface area (Å²) in [6, 6.07) is 0. The highest BCUT2D eigenvalue weighted by Crippen LogP contribution is 2.26. The van der Waals surface area contributed by atoms with Gasteiger partial charge in [-0.05, 0) is 44.4 Å². The second-order valence-corrected chi connectivity index (χ2v) is 4.87. The Morgan fingerprint density at radius 2 is 2.00 bits per heavy atom. The van der Waals surface area contributed by atoms with Crippen molar-refractivity contribution < 1.29 is 9.84 Å². The second-order valence-electron chi connectivity index (χ2n) is 4.87. The van der Waals surface area contributed by atoms with Gasteiger partial charge < -0.3 is 9.84 Å². The van der Waals surface area contributed by atoms with Crippen molar-refractivity contribution in [2.45, 2.75) is 58.7 Å². The molecule has 0 saturated carbocycles. The molecular formula is C12H24O2. The van der Waals surface area contributed by atoms with E-state index in [9.17, 15) is 5.11 Å². The Morgan fingerprint density at radius 3 is 2.43 bits per heavy atom. The largest absolute Gasteiger partial charge is 0.393 e. The van der Waals surface area contributed by atoms with Crippen LogP contribution >= 0.6 is 0 Å². The molecule has 2 nitrogen and oxygen atoms in total. The Hall–Kier alpha value is -0.0800. The fourth-order valence-corrected chi connectivity index (χ4v) is 2.32. The van der Waals surface area contributed by atoms with Crippen molar-refractivity contribution in [3.63, 3.8) is 0 Å². The summed E-state index contributed by atoms with van der Waals surface area (Å²) in [5.41, 5.74) is 0.